The van der Waals surface area contributed by atoms with E-state index in [1.165, 1.54) is 22.2 Å². The van der Waals surface area contributed by atoms with Gasteiger partial charge in [0.25, 0.3) is 0 Å². The number of aromatic nitrogens is 1. The molecular formula is C23H32N4O2. The van der Waals surface area contributed by atoms with E-state index < -0.39 is 0 Å². The number of likely N-dealkylation sites (tertiary alicyclic amines) is 2. The number of nitrogens with one attached hydrogen (secondary N) is 2. The Kier molecular flexibility index (Phi) is 5.52. The first kappa shape index (κ1) is 19.8. The molecule has 2 N–H and O–H groups in total. The monoisotopic (exact) mass is 396 g/mol. The molecule has 2 aromatic rings. The van der Waals surface area contributed by atoms with Gasteiger partial charge in [0.2, 0.25) is 5.91 Å². The number of amides is 3. The summed E-state index contributed by atoms with van der Waals surface area (Å²) in [6.07, 6.45) is 3.92. The number of carbonyl (C=O) groups excluding carboxylic acids is 2. The molecule has 1 aromatic carbocycles. The van der Waals surface area contributed by atoms with Crippen molar-refractivity contribution >= 4 is 22.8 Å². The Bertz CT molecular complexity index is 927. The number of hydrogen-bond donors (Lipinski definition) is 2. The summed E-state index contributed by atoms with van der Waals surface area (Å²) in [6, 6.07) is 4.45. The van der Waals surface area contributed by atoms with Crippen LogP contribution >= 0.6 is 0 Å². The molecule has 3 heterocycles. The fourth-order valence-corrected chi connectivity index (χ4v) is 4.73. The third-order valence-corrected chi connectivity index (χ3v) is 6.54. The van der Waals surface area contributed by atoms with Gasteiger partial charge in [0.15, 0.2) is 0 Å². The van der Waals surface area contributed by atoms with Gasteiger partial charge in [-0.2, -0.15) is 0 Å². The average molecular weight is 397 g/mol. The van der Waals surface area contributed by atoms with E-state index in [9.17, 15) is 9.59 Å². The maximum absolute atomic E-state index is 12.9. The van der Waals surface area contributed by atoms with E-state index in [4.69, 9.17) is 0 Å². The number of piperidine rings is 1. The number of H-pyrrole nitrogens is 1. The minimum atomic E-state index is -0.122. The topological polar surface area (TPSA) is 68.4 Å². The van der Waals surface area contributed by atoms with Gasteiger partial charge in [-0.05, 0) is 63.6 Å². The summed E-state index contributed by atoms with van der Waals surface area (Å²) in [6.45, 7) is 9.81. The number of nitrogens with zero attached hydrogens (tertiary/aromatic N) is 2. The molecule has 3 amide bonds. The van der Waals surface area contributed by atoms with E-state index in [1.54, 1.807) is 0 Å². The molecule has 2 aliphatic rings. The van der Waals surface area contributed by atoms with Gasteiger partial charge in [0.05, 0.1) is 11.4 Å². The Morgan fingerprint density at radius 3 is 2.55 bits per heavy atom. The molecule has 0 spiro atoms. The van der Waals surface area contributed by atoms with Crippen LogP contribution in [0.1, 0.15) is 48.1 Å². The van der Waals surface area contributed by atoms with Crippen LogP contribution in [0.2, 0.25) is 0 Å². The normalized spacial score (nSPS) is 19.8. The van der Waals surface area contributed by atoms with Crippen LogP contribution in [-0.2, 0) is 11.3 Å². The van der Waals surface area contributed by atoms with Crippen molar-refractivity contribution in [1.82, 2.24) is 20.1 Å². The van der Waals surface area contributed by atoms with E-state index in [2.05, 4.69) is 43.2 Å². The Balaban J connectivity index is 1.41. The number of carbonyl (C=O) groups is 2. The van der Waals surface area contributed by atoms with E-state index in [0.717, 1.165) is 56.4 Å². The van der Waals surface area contributed by atoms with Gasteiger partial charge in [-0.25, -0.2) is 4.79 Å². The smallest absolute Gasteiger partial charge is 0.320 e. The second-order valence-electron chi connectivity index (χ2n) is 8.70. The third-order valence-electron chi connectivity index (χ3n) is 6.54. The molecule has 4 rings (SSSR count). The van der Waals surface area contributed by atoms with Gasteiger partial charge in [-0.15, -0.1) is 0 Å². The van der Waals surface area contributed by atoms with Gasteiger partial charge >= 0.3 is 6.03 Å². The van der Waals surface area contributed by atoms with Crippen molar-refractivity contribution in [2.24, 2.45) is 5.92 Å². The third kappa shape index (κ3) is 3.98. The fraction of sp³-hybridized carbons (Fsp3) is 0.565. The lowest BCUT2D eigenvalue weighted by molar-refractivity contribution is -0.126. The molecule has 29 heavy (non-hydrogen) atoms. The first-order chi connectivity index (χ1) is 13.9. The molecule has 2 fully saturated rings. The molecule has 0 aliphatic carbocycles. The van der Waals surface area contributed by atoms with Crippen molar-refractivity contribution < 1.29 is 9.59 Å². The zero-order valence-corrected chi connectivity index (χ0v) is 17.8. The predicted molar refractivity (Wildman–Crippen MR) is 115 cm³/mol. The average Bonchev–Trinajstić information content (AvgIpc) is 3.35. The van der Waals surface area contributed by atoms with Crippen LogP contribution in [0.4, 0.5) is 4.79 Å². The summed E-state index contributed by atoms with van der Waals surface area (Å²) in [7, 11) is 0. The molecule has 6 nitrogen and oxygen atoms in total. The standard InChI is InChI=1S/C23H32N4O2/c1-15-11-19(21-20(12-15)16(2)17(3)25-21)13-24-22(28)18-7-6-10-27(14-18)23(29)26-8-4-5-9-26/h11-12,18,25H,4-10,13-14H2,1-3H3,(H,24,28). The molecule has 0 radical (unpaired) electrons. The zero-order valence-electron chi connectivity index (χ0n) is 17.8. The summed E-state index contributed by atoms with van der Waals surface area (Å²) < 4.78 is 0. The van der Waals surface area contributed by atoms with Crippen LogP contribution in [0, 0.1) is 26.7 Å². The highest BCUT2D eigenvalue weighted by atomic mass is 16.2. The van der Waals surface area contributed by atoms with Gasteiger partial charge < -0.3 is 20.1 Å². The second-order valence-corrected chi connectivity index (χ2v) is 8.70. The summed E-state index contributed by atoms with van der Waals surface area (Å²) in [5.41, 5.74) is 5.86. The highest BCUT2D eigenvalue weighted by Crippen LogP contribution is 2.26. The maximum Gasteiger partial charge on any atom is 0.320 e. The molecule has 2 aliphatic heterocycles. The molecule has 1 aromatic heterocycles. The first-order valence-electron chi connectivity index (χ1n) is 10.8. The molecular weight excluding hydrogens is 364 g/mol. The Labute approximate surface area is 172 Å². The van der Waals surface area contributed by atoms with E-state index in [0.29, 0.717) is 13.1 Å². The van der Waals surface area contributed by atoms with Crippen molar-refractivity contribution in [1.29, 1.82) is 0 Å². The lowest BCUT2D eigenvalue weighted by Gasteiger charge is -2.34. The highest BCUT2D eigenvalue weighted by molar-refractivity contribution is 5.88. The number of aromatic amines is 1. The molecule has 0 bridgehead atoms. The summed E-state index contributed by atoms with van der Waals surface area (Å²) in [5.74, 6) is -0.0682. The Morgan fingerprint density at radius 2 is 1.79 bits per heavy atom. The van der Waals surface area contributed by atoms with Crippen molar-refractivity contribution in [2.75, 3.05) is 26.2 Å². The highest BCUT2D eigenvalue weighted by Gasteiger charge is 2.31. The van der Waals surface area contributed by atoms with Gasteiger partial charge in [0, 0.05) is 43.8 Å². The first-order valence-corrected chi connectivity index (χ1v) is 10.8. The number of hydrogen-bond acceptors (Lipinski definition) is 2. The number of fused-ring (bicyclic) bond motifs is 1. The van der Waals surface area contributed by atoms with Crippen molar-refractivity contribution in [2.45, 2.75) is 53.0 Å². The van der Waals surface area contributed by atoms with Crippen molar-refractivity contribution in [3.05, 3.63) is 34.5 Å². The Morgan fingerprint density at radius 1 is 1.07 bits per heavy atom. The van der Waals surface area contributed by atoms with E-state index >= 15 is 0 Å². The molecule has 0 saturated carbocycles. The number of urea groups is 1. The van der Waals surface area contributed by atoms with Crippen LogP contribution in [0.3, 0.4) is 0 Å². The van der Waals surface area contributed by atoms with Crippen LogP contribution in [0.15, 0.2) is 12.1 Å². The summed E-state index contributed by atoms with van der Waals surface area (Å²) >= 11 is 0. The van der Waals surface area contributed by atoms with E-state index in [1.807, 2.05) is 9.80 Å². The quantitative estimate of drug-likeness (QED) is 0.832. The van der Waals surface area contributed by atoms with Crippen molar-refractivity contribution in [3.8, 4) is 0 Å². The number of rotatable bonds is 3. The van der Waals surface area contributed by atoms with Gasteiger partial charge in [-0.3, -0.25) is 4.79 Å². The van der Waals surface area contributed by atoms with Crippen LogP contribution in [0.25, 0.3) is 10.9 Å². The SMILES string of the molecule is Cc1cc(CNC(=O)C2CCCN(C(=O)N3CCCC3)C2)c2[nH]c(C)c(C)c2c1. The molecule has 156 valence electrons. The molecule has 1 atom stereocenters. The lowest BCUT2D eigenvalue weighted by Crippen LogP contribution is -2.49. The lowest BCUT2D eigenvalue weighted by atomic mass is 9.97. The van der Waals surface area contributed by atoms with Crippen LogP contribution < -0.4 is 5.32 Å². The van der Waals surface area contributed by atoms with Crippen molar-refractivity contribution in [3.63, 3.8) is 0 Å². The van der Waals surface area contributed by atoms with Gasteiger partial charge in [-0.1, -0.05) is 11.6 Å². The van der Waals surface area contributed by atoms with Crippen LogP contribution in [0.5, 0.6) is 0 Å². The van der Waals surface area contributed by atoms with Crippen LogP contribution in [-0.4, -0.2) is 52.9 Å². The number of benzene rings is 1. The maximum atomic E-state index is 12.9. The summed E-state index contributed by atoms with van der Waals surface area (Å²) in [4.78, 5) is 32.8. The van der Waals surface area contributed by atoms with Gasteiger partial charge in [0.1, 0.15) is 0 Å². The minimum Gasteiger partial charge on any atom is -0.358 e. The molecule has 6 heteroatoms. The second kappa shape index (κ2) is 8.09. The largest absolute Gasteiger partial charge is 0.358 e. The molecule has 2 saturated heterocycles. The summed E-state index contributed by atoms with van der Waals surface area (Å²) in [5, 5.41) is 4.36. The minimum absolute atomic E-state index is 0.0542. The number of aryl methyl sites for hydroxylation is 3. The predicted octanol–water partition coefficient (Wildman–Crippen LogP) is 3.64. The fourth-order valence-electron chi connectivity index (χ4n) is 4.73. The van der Waals surface area contributed by atoms with E-state index in [-0.39, 0.29) is 17.9 Å². The Hall–Kier alpha value is -2.50. The zero-order chi connectivity index (χ0) is 20.5. The molecule has 1 unspecified atom stereocenters.